The Kier molecular flexibility index (Phi) is 8.32. The van der Waals surface area contributed by atoms with Crippen LogP contribution in [0.25, 0.3) is 6.08 Å². The van der Waals surface area contributed by atoms with Crippen molar-refractivity contribution in [2.24, 2.45) is 0 Å². The Morgan fingerprint density at radius 1 is 1.22 bits per heavy atom. The second-order valence-electron chi connectivity index (χ2n) is 6.63. The molecule has 1 N–H and O–H groups in total. The Morgan fingerprint density at radius 2 is 1.97 bits per heavy atom. The zero-order chi connectivity index (χ0) is 23.1. The molecule has 1 fully saturated rings. The normalized spacial score (nSPS) is 14.8. The lowest BCUT2D eigenvalue weighted by Gasteiger charge is -2.13. The van der Waals surface area contributed by atoms with Gasteiger partial charge >= 0.3 is 0 Å². The number of imide groups is 1. The average Bonchev–Trinajstić information content (AvgIpc) is 3.03. The Hall–Kier alpha value is -2.82. The molecule has 3 amide bonds. The van der Waals surface area contributed by atoms with Gasteiger partial charge in [-0.2, -0.15) is 0 Å². The third-order valence-corrected chi connectivity index (χ3v) is 6.57. The predicted octanol–water partition coefficient (Wildman–Crippen LogP) is 4.33. The molecule has 1 aliphatic rings. The molecule has 0 aliphatic carbocycles. The fraction of sp³-hybridized carbons (Fsp3) is 0.190. The topological polar surface area (TPSA) is 110 Å². The molecule has 0 unspecified atom stereocenters. The molecule has 0 aromatic heterocycles. The van der Waals surface area contributed by atoms with E-state index in [4.69, 9.17) is 11.6 Å². The van der Waals surface area contributed by atoms with Gasteiger partial charge in [0.05, 0.1) is 15.6 Å². The first-order valence-electron chi connectivity index (χ1n) is 9.43. The number of thioether (sulfide) groups is 2. The lowest BCUT2D eigenvalue weighted by Crippen LogP contribution is -2.37. The molecule has 0 atom stereocenters. The first kappa shape index (κ1) is 23.8. The van der Waals surface area contributed by atoms with Crippen molar-refractivity contribution in [3.8, 4) is 0 Å². The minimum atomic E-state index is -0.619. The number of amides is 3. The number of carbonyl (C=O) groups is 3. The van der Waals surface area contributed by atoms with Gasteiger partial charge < -0.3 is 5.32 Å². The molecule has 1 aliphatic heterocycles. The number of nitro benzene ring substituents is 1. The van der Waals surface area contributed by atoms with Crippen molar-refractivity contribution in [1.29, 1.82) is 0 Å². The molecule has 8 nitrogen and oxygen atoms in total. The van der Waals surface area contributed by atoms with Crippen LogP contribution in [-0.4, -0.2) is 45.7 Å². The molecule has 1 heterocycles. The van der Waals surface area contributed by atoms with Crippen LogP contribution in [-0.2, 0) is 15.3 Å². The predicted molar refractivity (Wildman–Crippen MR) is 126 cm³/mol. The zero-order valence-electron chi connectivity index (χ0n) is 16.7. The maximum absolute atomic E-state index is 12.5. The third kappa shape index (κ3) is 6.35. The molecule has 0 bridgehead atoms. The third-order valence-electron chi connectivity index (χ3n) is 4.34. The summed E-state index contributed by atoms with van der Waals surface area (Å²) in [6.45, 7) is 0.181. The van der Waals surface area contributed by atoms with Crippen LogP contribution in [0.3, 0.4) is 0 Å². The van der Waals surface area contributed by atoms with Crippen molar-refractivity contribution in [2.45, 2.75) is 5.75 Å². The molecule has 0 spiro atoms. The summed E-state index contributed by atoms with van der Waals surface area (Å²) in [5, 5.41) is 13.2. The Balaban J connectivity index is 1.49. The van der Waals surface area contributed by atoms with Crippen LogP contribution in [0.1, 0.15) is 11.1 Å². The summed E-state index contributed by atoms with van der Waals surface area (Å²) in [7, 11) is 0. The number of hydrogen-bond donors (Lipinski definition) is 1. The van der Waals surface area contributed by atoms with E-state index in [1.807, 2.05) is 30.3 Å². The second kappa shape index (κ2) is 11.2. The van der Waals surface area contributed by atoms with E-state index in [1.165, 1.54) is 36.0 Å². The van der Waals surface area contributed by atoms with Crippen LogP contribution in [0.15, 0.2) is 53.4 Å². The number of benzene rings is 2. The molecule has 0 saturated carbocycles. The maximum Gasteiger partial charge on any atom is 0.293 e. The minimum absolute atomic E-state index is 0.0158. The van der Waals surface area contributed by atoms with E-state index in [2.05, 4.69) is 5.32 Å². The summed E-state index contributed by atoms with van der Waals surface area (Å²) in [4.78, 5) is 48.3. The highest BCUT2D eigenvalue weighted by Crippen LogP contribution is 2.33. The van der Waals surface area contributed by atoms with E-state index in [9.17, 15) is 24.5 Å². The van der Waals surface area contributed by atoms with Crippen LogP contribution >= 0.6 is 35.1 Å². The van der Waals surface area contributed by atoms with Crippen molar-refractivity contribution >= 4 is 63.9 Å². The van der Waals surface area contributed by atoms with Crippen molar-refractivity contribution in [3.63, 3.8) is 0 Å². The van der Waals surface area contributed by atoms with Gasteiger partial charge in [0.15, 0.2) is 0 Å². The smallest absolute Gasteiger partial charge is 0.293 e. The van der Waals surface area contributed by atoms with Crippen LogP contribution in [0, 0.1) is 10.1 Å². The highest BCUT2D eigenvalue weighted by atomic mass is 35.5. The lowest BCUT2D eigenvalue weighted by molar-refractivity contribution is -0.384. The molecule has 2 aromatic rings. The number of nitrogens with zero attached hydrogens (tertiary/aromatic N) is 2. The standard InChI is InChI=1S/C21H18ClN3O5S2/c22-16-7-6-15(10-17(16)25(29)30)11-18-20(27)24(21(28)32-18)9-8-23-19(26)13-31-12-14-4-2-1-3-5-14/h1-7,10-11H,8-9,12-13H2,(H,23,26)/b18-11-. The van der Waals surface area contributed by atoms with E-state index < -0.39 is 16.1 Å². The van der Waals surface area contributed by atoms with Crippen molar-refractivity contribution in [2.75, 3.05) is 18.8 Å². The minimum Gasteiger partial charge on any atom is -0.354 e. The number of hydrogen-bond acceptors (Lipinski definition) is 7. The molecule has 2 aromatic carbocycles. The van der Waals surface area contributed by atoms with Gasteiger partial charge in [0.2, 0.25) is 5.91 Å². The second-order valence-corrected chi connectivity index (χ2v) is 9.02. The van der Waals surface area contributed by atoms with Gasteiger partial charge in [-0.05, 0) is 35.0 Å². The number of nitrogens with one attached hydrogen (secondary N) is 1. The first-order valence-corrected chi connectivity index (χ1v) is 11.8. The number of rotatable bonds is 9. The molecule has 1 saturated heterocycles. The summed E-state index contributed by atoms with van der Waals surface area (Å²) < 4.78 is 0. The summed E-state index contributed by atoms with van der Waals surface area (Å²) in [5.74, 6) is 0.295. The van der Waals surface area contributed by atoms with Gasteiger partial charge in [-0.1, -0.05) is 48.0 Å². The van der Waals surface area contributed by atoms with E-state index in [-0.39, 0.29) is 40.4 Å². The van der Waals surface area contributed by atoms with Gasteiger partial charge in [0.25, 0.3) is 16.8 Å². The summed E-state index contributed by atoms with van der Waals surface area (Å²) in [5.41, 5.74) is 1.23. The molecule has 166 valence electrons. The van der Waals surface area contributed by atoms with Gasteiger partial charge in [-0.3, -0.25) is 29.4 Å². The van der Waals surface area contributed by atoms with E-state index in [0.29, 0.717) is 11.3 Å². The summed E-state index contributed by atoms with van der Waals surface area (Å²) in [6.07, 6.45) is 1.41. The quantitative estimate of drug-likeness (QED) is 0.315. The van der Waals surface area contributed by atoms with Crippen molar-refractivity contribution < 1.29 is 19.3 Å². The number of halogens is 1. The SMILES string of the molecule is O=C(CSCc1ccccc1)NCCN1C(=O)S/C(=C\c2ccc(Cl)c([N+](=O)[O-])c2)C1=O. The van der Waals surface area contributed by atoms with E-state index in [0.717, 1.165) is 22.2 Å². The molecule has 3 rings (SSSR count). The molecular weight excluding hydrogens is 474 g/mol. The van der Waals surface area contributed by atoms with Crippen molar-refractivity contribution in [1.82, 2.24) is 10.2 Å². The fourth-order valence-corrected chi connectivity index (χ4v) is 4.67. The van der Waals surface area contributed by atoms with Gasteiger partial charge in [0.1, 0.15) is 5.02 Å². The Bertz CT molecular complexity index is 1080. The van der Waals surface area contributed by atoms with Crippen LogP contribution in [0.5, 0.6) is 0 Å². The largest absolute Gasteiger partial charge is 0.354 e. The van der Waals surface area contributed by atoms with Crippen LogP contribution in [0.2, 0.25) is 5.02 Å². The van der Waals surface area contributed by atoms with Crippen molar-refractivity contribution in [3.05, 3.63) is 79.7 Å². The summed E-state index contributed by atoms with van der Waals surface area (Å²) in [6, 6.07) is 13.9. The highest BCUT2D eigenvalue weighted by molar-refractivity contribution is 8.18. The zero-order valence-corrected chi connectivity index (χ0v) is 19.0. The fourth-order valence-electron chi connectivity index (χ4n) is 2.80. The first-order chi connectivity index (χ1) is 15.3. The summed E-state index contributed by atoms with van der Waals surface area (Å²) >= 11 is 8.01. The monoisotopic (exact) mass is 491 g/mol. The van der Waals surface area contributed by atoms with Crippen LogP contribution in [0.4, 0.5) is 10.5 Å². The van der Waals surface area contributed by atoms with Crippen LogP contribution < -0.4 is 5.32 Å². The lowest BCUT2D eigenvalue weighted by atomic mass is 10.2. The Labute approximate surface area is 197 Å². The van der Waals surface area contributed by atoms with Gasteiger partial charge in [-0.15, -0.1) is 11.8 Å². The van der Waals surface area contributed by atoms with E-state index in [1.54, 1.807) is 0 Å². The molecule has 11 heteroatoms. The molecule has 0 radical (unpaired) electrons. The van der Waals surface area contributed by atoms with E-state index >= 15 is 0 Å². The van der Waals surface area contributed by atoms with Gasteiger partial charge in [0, 0.05) is 24.9 Å². The molecular formula is C21H18ClN3O5S2. The Morgan fingerprint density at radius 3 is 2.69 bits per heavy atom. The number of carbonyl (C=O) groups excluding carboxylic acids is 3. The highest BCUT2D eigenvalue weighted by Gasteiger charge is 2.34. The molecule has 32 heavy (non-hydrogen) atoms. The number of nitro groups is 1. The average molecular weight is 492 g/mol. The van der Waals surface area contributed by atoms with Gasteiger partial charge in [-0.25, -0.2) is 0 Å². The maximum atomic E-state index is 12.5.